The van der Waals surface area contributed by atoms with Crippen LogP contribution in [0.1, 0.15) is 46.0 Å². The van der Waals surface area contributed by atoms with Crippen LogP contribution in [-0.2, 0) is 11.3 Å². The summed E-state index contributed by atoms with van der Waals surface area (Å²) in [5.74, 6) is 1.38. The summed E-state index contributed by atoms with van der Waals surface area (Å²) in [7, 11) is 1.84. The third kappa shape index (κ3) is 6.69. The summed E-state index contributed by atoms with van der Waals surface area (Å²) in [5.41, 5.74) is 0.369. The Morgan fingerprint density at radius 1 is 1.36 bits per heavy atom. The highest BCUT2D eigenvalue weighted by atomic mass is 16.5. The molecular formula is C19H35N5O. The van der Waals surface area contributed by atoms with Crippen LogP contribution in [-0.4, -0.2) is 49.1 Å². The largest absolute Gasteiger partial charge is 0.382 e. The first-order chi connectivity index (χ1) is 12.2. The van der Waals surface area contributed by atoms with E-state index in [2.05, 4.69) is 34.6 Å². The van der Waals surface area contributed by atoms with Crippen molar-refractivity contribution in [3.8, 4) is 0 Å². The van der Waals surface area contributed by atoms with E-state index in [0.717, 1.165) is 45.2 Å². The van der Waals surface area contributed by atoms with Crippen molar-refractivity contribution in [3.63, 3.8) is 0 Å². The average Bonchev–Trinajstić information content (AvgIpc) is 3.28. The number of guanidine groups is 1. The number of rotatable bonds is 10. The van der Waals surface area contributed by atoms with Crippen LogP contribution >= 0.6 is 0 Å². The van der Waals surface area contributed by atoms with Crippen molar-refractivity contribution in [2.75, 3.05) is 33.4 Å². The summed E-state index contributed by atoms with van der Waals surface area (Å²) >= 11 is 0. The molecule has 25 heavy (non-hydrogen) atoms. The van der Waals surface area contributed by atoms with E-state index in [1.165, 1.54) is 25.7 Å². The van der Waals surface area contributed by atoms with E-state index < -0.39 is 0 Å². The predicted molar refractivity (Wildman–Crippen MR) is 103 cm³/mol. The van der Waals surface area contributed by atoms with E-state index in [1.54, 1.807) is 0 Å². The lowest BCUT2D eigenvalue weighted by Crippen LogP contribution is -2.44. The zero-order valence-electron chi connectivity index (χ0n) is 16.1. The van der Waals surface area contributed by atoms with Gasteiger partial charge in [-0.1, -0.05) is 19.8 Å². The minimum Gasteiger partial charge on any atom is -0.382 e. The fourth-order valence-electron chi connectivity index (χ4n) is 3.63. The molecule has 1 aromatic rings. The highest BCUT2D eigenvalue weighted by Crippen LogP contribution is 2.40. The number of nitrogens with one attached hydrogen (secondary N) is 2. The highest BCUT2D eigenvalue weighted by Gasteiger charge is 2.33. The van der Waals surface area contributed by atoms with Crippen LogP contribution in [0, 0.1) is 11.3 Å². The molecule has 6 nitrogen and oxygen atoms in total. The molecule has 1 saturated carbocycles. The van der Waals surface area contributed by atoms with Gasteiger partial charge in [-0.25, -0.2) is 0 Å². The summed E-state index contributed by atoms with van der Waals surface area (Å²) in [5, 5.41) is 11.3. The molecular weight excluding hydrogens is 314 g/mol. The molecule has 142 valence electrons. The van der Waals surface area contributed by atoms with Crippen LogP contribution in [0.25, 0.3) is 0 Å². The van der Waals surface area contributed by atoms with Gasteiger partial charge < -0.3 is 15.4 Å². The van der Waals surface area contributed by atoms with Gasteiger partial charge in [0.25, 0.3) is 0 Å². The monoisotopic (exact) mass is 349 g/mol. The zero-order chi connectivity index (χ0) is 18.0. The van der Waals surface area contributed by atoms with E-state index >= 15 is 0 Å². The molecule has 1 unspecified atom stereocenters. The molecule has 1 aliphatic carbocycles. The number of hydrogen-bond donors (Lipinski definition) is 2. The molecule has 1 atom stereocenters. The van der Waals surface area contributed by atoms with Crippen molar-refractivity contribution in [1.82, 2.24) is 20.4 Å². The van der Waals surface area contributed by atoms with Crippen molar-refractivity contribution < 1.29 is 4.74 Å². The summed E-state index contributed by atoms with van der Waals surface area (Å²) in [4.78, 5) is 4.39. The fraction of sp³-hybridized carbons (Fsp3) is 0.789. The predicted octanol–water partition coefficient (Wildman–Crippen LogP) is 2.67. The van der Waals surface area contributed by atoms with Crippen LogP contribution < -0.4 is 10.6 Å². The average molecular weight is 350 g/mol. The quantitative estimate of drug-likeness (QED) is 0.387. The second-order valence-corrected chi connectivity index (χ2v) is 7.29. The molecule has 6 heteroatoms. The molecule has 1 fully saturated rings. The fourth-order valence-corrected chi connectivity index (χ4v) is 3.63. The number of hydrogen-bond acceptors (Lipinski definition) is 3. The number of aliphatic imine (C=N–C) groups is 1. The summed E-state index contributed by atoms with van der Waals surface area (Å²) < 4.78 is 7.58. The van der Waals surface area contributed by atoms with Crippen molar-refractivity contribution >= 4 is 5.96 Å². The van der Waals surface area contributed by atoms with Crippen LogP contribution in [0.15, 0.2) is 23.5 Å². The van der Waals surface area contributed by atoms with Gasteiger partial charge in [0.15, 0.2) is 5.96 Å². The molecule has 1 aliphatic rings. The van der Waals surface area contributed by atoms with Crippen molar-refractivity contribution in [2.24, 2.45) is 16.3 Å². The van der Waals surface area contributed by atoms with Gasteiger partial charge in [-0.15, -0.1) is 0 Å². The molecule has 0 spiro atoms. The number of nitrogens with zero attached hydrogens (tertiary/aromatic N) is 3. The molecule has 2 rings (SSSR count). The summed E-state index contributed by atoms with van der Waals surface area (Å²) in [6, 6.07) is 1.96. The first-order valence-electron chi connectivity index (χ1n) is 9.67. The molecule has 1 aromatic heterocycles. The minimum absolute atomic E-state index is 0.369. The Morgan fingerprint density at radius 2 is 2.16 bits per heavy atom. The second-order valence-electron chi connectivity index (χ2n) is 7.29. The van der Waals surface area contributed by atoms with Gasteiger partial charge in [0.2, 0.25) is 0 Å². The Kier molecular flexibility index (Phi) is 8.25. The molecule has 0 amide bonds. The Hall–Kier alpha value is -1.56. The third-order valence-electron chi connectivity index (χ3n) is 5.18. The molecule has 0 bridgehead atoms. The number of ether oxygens (including phenoxy) is 1. The maximum atomic E-state index is 5.60. The lowest BCUT2D eigenvalue weighted by Gasteiger charge is -2.30. The van der Waals surface area contributed by atoms with Gasteiger partial charge in [0.1, 0.15) is 0 Å². The highest BCUT2D eigenvalue weighted by molar-refractivity contribution is 5.79. The van der Waals surface area contributed by atoms with Gasteiger partial charge >= 0.3 is 0 Å². The number of aromatic nitrogens is 2. The molecule has 1 heterocycles. The SMILES string of the molecule is CCOCCC1(CNC(=NC)NCC(C)Cn2cccn2)CCCC1. The Labute approximate surface area is 152 Å². The topological polar surface area (TPSA) is 63.5 Å². The van der Waals surface area contributed by atoms with Crippen molar-refractivity contribution in [3.05, 3.63) is 18.5 Å². The molecule has 0 saturated heterocycles. The van der Waals surface area contributed by atoms with Gasteiger partial charge in [-0.3, -0.25) is 9.67 Å². The smallest absolute Gasteiger partial charge is 0.191 e. The van der Waals surface area contributed by atoms with Crippen molar-refractivity contribution in [1.29, 1.82) is 0 Å². The first kappa shape index (κ1) is 19.8. The lowest BCUT2D eigenvalue weighted by atomic mass is 9.83. The van der Waals surface area contributed by atoms with Crippen LogP contribution in [0.2, 0.25) is 0 Å². The lowest BCUT2D eigenvalue weighted by molar-refractivity contribution is 0.105. The molecule has 0 aromatic carbocycles. The minimum atomic E-state index is 0.369. The molecule has 0 aliphatic heterocycles. The molecule has 2 N–H and O–H groups in total. The third-order valence-corrected chi connectivity index (χ3v) is 5.18. The van der Waals surface area contributed by atoms with E-state index in [-0.39, 0.29) is 0 Å². The molecule has 0 radical (unpaired) electrons. The van der Waals surface area contributed by atoms with E-state index in [4.69, 9.17) is 4.74 Å². The van der Waals surface area contributed by atoms with Crippen LogP contribution in [0.3, 0.4) is 0 Å². The van der Waals surface area contributed by atoms with E-state index in [1.807, 2.05) is 30.2 Å². The summed E-state index contributed by atoms with van der Waals surface area (Å²) in [6.07, 6.45) is 10.2. The normalized spacial score (nSPS) is 18.3. The van der Waals surface area contributed by atoms with Gasteiger partial charge in [-0.2, -0.15) is 5.10 Å². The van der Waals surface area contributed by atoms with Crippen LogP contribution in [0.5, 0.6) is 0 Å². The van der Waals surface area contributed by atoms with Crippen LogP contribution in [0.4, 0.5) is 0 Å². The second kappa shape index (κ2) is 10.4. The standard InChI is InChI=1S/C19H35N5O/c1-4-25-13-10-19(8-5-6-9-19)16-22-18(20-3)21-14-17(2)15-24-12-7-11-23-24/h7,11-12,17H,4-6,8-10,13-16H2,1-3H3,(H2,20,21,22). The van der Waals surface area contributed by atoms with E-state index in [0.29, 0.717) is 11.3 Å². The van der Waals surface area contributed by atoms with Gasteiger partial charge in [-0.05, 0) is 43.6 Å². The Morgan fingerprint density at radius 3 is 2.80 bits per heavy atom. The maximum Gasteiger partial charge on any atom is 0.191 e. The van der Waals surface area contributed by atoms with Crippen molar-refractivity contribution in [2.45, 2.75) is 52.5 Å². The maximum absolute atomic E-state index is 5.60. The Bertz CT molecular complexity index is 494. The summed E-state index contributed by atoms with van der Waals surface area (Å²) in [6.45, 7) is 8.73. The Balaban J connectivity index is 1.74. The zero-order valence-corrected chi connectivity index (χ0v) is 16.1. The van der Waals surface area contributed by atoms with E-state index in [9.17, 15) is 0 Å². The van der Waals surface area contributed by atoms with Gasteiger partial charge in [0, 0.05) is 52.3 Å². The van der Waals surface area contributed by atoms with Gasteiger partial charge in [0.05, 0.1) is 0 Å². The first-order valence-corrected chi connectivity index (χ1v) is 9.67.